The van der Waals surface area contributed by atoms with Crippen molar-refractivity contribution < 1.29 is 14.3 Å². The molecule has 0 spiro atoms. The zero-order valence-electron chi connectivity index (χ0n) is 19.0. The Morgan fingerprint density at radius 3 is 2.50 bits per heavy atom. The van der Waals surface area contributed by atoms with Crippen LogP contribution in [0.5, 0.6) is 0 Å². The van der Waals surface area contributed by atoms with Gasteiger partial charge in [0.15, 0.2) is 0 Å². The number of piperidine rings is 1. The third kappa shape index (κ3) is 4.69. The second-order valence-corrected chi connectivity index (χ2v) is 8.84. The van der Waals surface area contributed by atoms with Crippen LogP contribution in [0.15, 0.2) is 36.5 Å². The minimum absolute atomic E-state index is 0.0485. The zero-order valence-corrected chi connectivity index (χ0v) is 19.0. The Morgan fingerprint density at radius 2 is 1.81 bits per heavy atom. The fourth-order valence-electron chi connectivity index (χ4n) is 4.21. The van der Waals surface area contributed by atoms with Gasteiger partial charge in [0.25, 0.3) is 5.91 Å². The highest BCUT2D eigenvalue weighted by atomic mass is 16.6. The third-order valence-corrected chi connectivity index (χ3v) is 6.21. The molecule has 2 unspecified atom stereocenters. The molecule has 4 rings (SSSR count). The second-order valence-electron chi connectivity index (χ2n) is 8.84. The smallest absolute Gasteiger partial charge is 0.415 e. The Kier molecular flexibility index (Phi) is 6.58. The van der Waals surface area contributed by atoms with Crippen molar-refractivity contribution in [3.8, 4) is 0 Å². The highest BCUT2D eigenvalue weighted by molar-refractivity contribution is 5.94. The maximum absolute atomic E-state index is 12.7. The molecule has 2 fully saturated rings. The van der Waals surface area contributed by atoms with Crippen LogP contribution < -0.4 is 10.2 Å². The molecule has 2 atom stereocenters. The molecule has 1 N–H and O–H groups in total. The van der Waals surface area contributed by atoms with Crippen molar-refractivity contribution in [3.63, 3.8) is 0 Å². The SMILES string of the molecule is CC(Nc1nccc(N2C(=O)OCC2C(C)C)n1)c1ccc(C(=O)N2CCCCC2)cc1. The van der Waals surface area contributed by atoms with Gasteiger partial charge < -0.3 is 15.0 Å². The number of carbonyl (C=O) groups excluding carboxylic acids is 2. The van der Waals surface area contributed by atoms with Crippen LogP contribution in [0, 0.1) is 5.92 Å². The zero-order chi connectivity index (χ0) is 22.7. The van der Waals surface area contributed by atoms with E-state index in [2.05, 4.69) is 29.1 Å². The summed E-state index contributed by atoms with van der Waals surface area (Å²) in [7, 11) is 0. The normalized spacial score (nSPS) is 19.8. The summed E-state index contributed by atoms with van der Waals surface area (Å²) in [5.41, 5.74) is 1.74. The number of anilines is 2. The average Bonchev–Trinajstić information content (AvgIpc) is 3.21. The average molecular weight is 438 g/mol. The first-order chi connectivity index (χ1) is 15.4. The van der Waals surface area contributed by atoms with Gasteiger partial charge in [-0.15, -0.1) is 0 Å². The molecule has 2 amide bonds. The molecule has 1 aromatic carbocycles. The number of benzene rings is 1. The lowest BCUT2D eigenvalue weighted by molar-refractivity contribution is 0.0724. The highest BCUT2D eigenvalue weighted by Gasteiger charge is 2.37. The molecule has 8 nitrogen and oxygen atoms in total. The van der Waals surface area contributed by atoms with Crippen LogP contribution >= 0.6 is 0 Å². The molecule has 2 saturated heterocycles. The molecular weight excluding hydrogens is 406 g/mol. The molecular formula is C24H31N5O3. The van der Waals surface area contributed by atoms with Crippen LogP contribution in [0.4, 0.5) is 16.6 Å². The van der Waals surface area contributed by atoms with E-state index in [0.717, 1.165) is 31.5 Å². The molecule has 2 aliphatic rings. The molecule has 170 valence electrons. The molecule has 1 aromatic heterocycles. The van der Waals surface area contributed by atoms with Gasteiger partial charge in [-0.05, 0) is 55.9 Å². The lowest BCUT2D eigenvalue weighted by atomic mass is 10.0. The number of rotatable bonds is 6. The van der Waals surface area contributed by atoms with Gasteiger partial charge in [-0.25, -0.2) is 9.78 Å². The number of hydrogen-bond donors (Lipinski definition) is 1. The highest BCUT2D eigenvalue weighted by Crippen LogP contribution is 2.27. The predicted molar refractivity (Wildman–Crippen MR) is 123 cm³/mol. The molecule has 0 bridgehead atoms. The van der Waals surface area contributed by atoms with E-state index in [-0.39, 0.29) is 30.0 Å². The van der Waals surface area contributed by atoms with Gasteiger partial charge in [0, 0.05) is 24.8 Å². The Bertz CT molecular complexity index is 956. The van der Waals surface area contributed by atoms with Crippen molar-refractivity contribution in [1.29, 1.82) is 0 Å². The Balaban J connectivity index is 1.44. The minimum atomic E-state index is -0.379. The molecule has 2 aliphatic heterocycles. The van der Waals surface area contributed by atoms with Crippen LogP contribution in [-0.4, -0.2) is 52.6 Å². The summed E-state index contributed by atoms with van der Waals surface area (Å²) in [6, 6.07) is 9.29. The van der Waals surface area contributed by atoms with Gasteiger partial charge in [0.05, 0.1) is 12.1 Å². The molecule has 0 aliphatic carbocycles. The number of carbonyl (C=O) groups is 2. The number of nitrogens with one attached hydrogen (secondary N) is 1. The first-order valence-corrected chi connectivity index (χ1v) is 11.4. The molecule has 3 heterocycles. The van der Waals surface area contributed by atoms with Gasteiger partial charge in [0.1, 0.15) is 12.4 Å². The molecule has 0 saturated carbocycles. The van der Waals surface area contributed by atoms with Gasteiger partial charge >= 0.3 is 6.09 Å². The van der Waals surface area contributed by atoms with E-state index >= 15 is 0 Å². The molecule has 32 heavy (non-hydrogen) atoms. The van der Waals surface area contributed by atoms with Crippen molar-refractivity contribution >= 4 is 23.8 Å². The predicted octanol–water partition coefficient (Wildman–Crippen LogP) is 4.26. The number of likely N-dealkylation sites (tertiary alicyclic amines) is 1. The number of nitrogens with zero attached hydrogens (tertiary/aromatic N) is 4. The van der Waals surface area contributed by atoms with Crippen LogP contribution in [0.1, 0.15) is 62.0 Å². The fourth-order valence-corrected chi connectivity index (χ4v) is 4.21. The summed E-state index contributed by atoms with van der Waals surface area (Å²) in [6.45, 7) is 8.17. The standard InChI is InChI=1S/C24H31N5O3/c1-16(2)20-15-32-24(31)29(20)21-11-12-25-23(27-21)26-17(3)18-7-9-19(10-8-18)22(30)28-13-5-4-6-14-28/h7-12,16-17,20H,4-6,13-15H2,1-3H3,(H,25,26,27). The molecule has 0 radical (unpaired) electrons. The lowest BCUT2D eigenvalue weighted by Gasteiger charge is -2.27. The van der Waals surface area contributed by atoms with Crippen molar-refractivity contribution in [2.24, 2.45) is 5.92 Å². The summed E-state index contributed by atoms with van der Waals surface area (Å²) in [6.07, 6.45) is 4.62. The molecule has 8 heteroatoms. The Hall–Kier alpha value is -3.16. The van der Waals surface area contributed by atoms with E-state index in [4.69, 9.17) is 4.74 Å². The van der Waals surface area contributed by atoms with Crippen LogP contribution in [-0.2, 0) is 4.74 Å². The van der Waals surface area contributed by atoms with Crippen LogP contribution in [0.3, 0.4) is 0 Å². The topological polar surface area (TPSA) is 87.7 Å². The monoisotopic (exact) mass is 437 g/mol. The number of amides is 2. The Labute approximate surface area is 189 Å². The van der Waals surface area contributed by atoms with Crippen LogP contribution in [0.2, 0.25) is 0 Å². The van der Waals surface area contributed by atoms with Gasteiger partial charge in [-0.2, -0.15) is 4.98 Å². The molecule has 2 aromatic rings. The van der Waals surface area contributed by atoms with E-state index in [1.54, 1.807) is 17.2 Å². The van der Waals surface area contributed by atoms with Crippen molar-refractivity contribution in [3.05, 3.63) is 47.7 Å². The number of cyclic esters (lactones) is 1. The van der Waals surface area contributed by atoms with E-state index in [1.165, 1.54) is 6.42 Å². The largest absolute Gasteiger partial charge is 0.447 e. The third-order valence-electron chi connectivity index (χ3n) is 6.21. The van der Waals surface area contributed by atoms with E-state index in [0.29, 0.717) is 23.9 Å². The first kappa shape index (κ1) is 22.0. The summed E-state index contributed by atoms with van der Waals surface area (Å²) in [4.78, 5) is 37.3. The van der Waals surface area contributed by atoms with Gasteiger partial charge in [-0.1, -0.05) is 26.0 Å². The second kappa shape index (κ2) is 9.54. The minimum Gasteiger partial charge on any atom is -0.447 e. The maximum atomic E-state index is 12.7. The summed E-state index contributed by atoms with van der Waals surface area (Å²) < 4.78 is 5.23. The van der Waals surface area contributed by atoms with E-state index in [1.807, 2.05) is 36.1 Å². The van der Waals surface area contributed by atoms with Gasteiger partial charge in [-0.3, -0.25) is 9.69 Å². The van der Waals surface area contributed by atoms with Crippen molar-refractivity contribution in [2.75, 3.05) is 29.9 Å². The fraction of sp³-hybridized carbons (Fsp3) is 0.500. The number of aromatic nitrogens is 2. The number of hydrogen-bond acceptors (Lipinski definition) is 6. The van der Waals surface area contributed by atoms with E-state index in [9.17, 15) is 9.59 Å². The van der Waals surface area contributed by atoms with Crippen LogP contribution in [0.25, 0.3) is 0 Å². The summed E-state index contributed by atoms with van der Waals surface area (Å²) in [5.74, 6) is 1.31. The van der Waals surface area contributed by atoms with E-state index < -0.39 is 0 Å². The first-order valence-electron chi connectivity index (χ1n) is 11.4. The van der Waals surface area contributed by atoms with Crippen molar-refractivity contribution in [2.45, 2.75) is 52.1 Å². The Morgan fingerprint density at radius 1 is 1.09 bits per heavy atom. The lowest BCUT2D eigenvalue weighted by Crippen LogP contribution is -2.37. The van der Waals surface area contributed by atoms with Gasteiger partial charge in [0.2, 0.25) is 5.95 Å². The summed E-state index contributed by atoms with van der Waals surface area (Å²) in [5, 5.41) is 3.30. The number of ether oxygens (including phenoxy) is 1. The maximum Gasteiger partial charge on any atom is 0.415 e. The quantitative estimate of drug-likeness (QED) is 0.727. The van der Waals surface area contributed by atoms with Crippen molar-refractivity contribution in [1.82, 2.24) is 14.9 Å². The summed E-state index contributed by atoms with van der Waals surface area (Å²) >= 11 is 0.